The third kappa shape index (κ3) is 3.61. The molecule has 0 aliphatic rings. The van der Waals surface area contributed by atoms with E-state index in [-0.39, 0.29) is 11.4 Å². The van der Waals surface area contributed by atoms with Crippen LogP contribution in [0.25, 0.3) is 0 Å². The van der Waals surface area contributed by atoms with Gasteiger partial charge in [-0.3, -0.25) is 0 Å². The van der Waals surface area contributed by atoms with Crippen molar-refractivity contribution in [1.82, 2.24) is 4.72 Å². The van der Waals surface area contributed by atoms with Gasteiger partial charge < -0.3 is 4.74 Å². The fourth-order valence-corrected chi connectivity index (χ4v) is 3.66. The molecule has 118 valence electrons. The van der Waals surface area contributed by atoms with Gasteiger partial charge in [0.1, 0.15) is 5.75 Å². The number of hydrogen-bond donors (Lipinski definition) is 1. The second-order valence-electron chi connectivity index (χ2n) is 5.00. The maximum atomic E-state index is 12.5. The van der Waals surface area contributed by atoms with Gasteiger partial charge in [-0.15, -0.1) is 0 Å². The number of methoxy groups -OCH3 is 1. The molecule has 0 aromatic heterocycles. The van der Waals surface area contributed by atoms with E-state index in [1.54, 1.807) is 37.3 Å². The molecule has 0 saturated heterocycles. The van der Waals surface area contributed by atoms with Crippen LogP contribution in [-0.4, -0.2) is 15.5 Å². The van der Waals surface area contributed by atoms with Crippen LogP contribution in [0.2, 0.25) is 5.02 Å². The second-order valence-corrected chi connectivity index (χ2v) is 7.15. The first-order valence-electron chi connectivity index (χ1n) is 6.73. The summed E-state index contributed by atoms with van der Waals surface area (Å²) in [7, 11) is -2.12. The first kappa shape index (κ1) is 16.8. The molecule has 2 aromatic carbocycles. The molecule has 0 spiro atoms. The Morgan fingerprint density at radius 2 is 1.82 bits per heavy atom. The van der Waals surface area contributed by atoms with Crippen LogP contribution in [-0.2, 0) is 16.6 Å². The lowest BCUT2D eigenvalue weighted by Crippen LogP contribution is -2.24. The summed E-state index contributed by atoms with van der Waals surface area (Å²) in [5.41, 5.74) is 2.29. The molecule has 0 fully saturated rings. The third-order valence-corrected chi connectivity index (χ3v) is 5.30. The first-order valence-corrected chi connectivity index (χ1v) is 8.59. The topological polar surface area (TPSA) is 55.4 Å². The number of benzene rings is 2. The van der Waals surface area contributed by atoms with Crippen LogP contribution in [0.5, 0.6) is 5.75 Å². The van der Waals surface area contributed by atoms with Crippen molar-refractivity contribution in [2.24, 2.45) is 0 Å². The molecule has 2 rings (SSSR count). The van der Waals surface area contributed by atoms with Gasteiger partial charge in [0, 0.05) is 17.6 Å². The van der Waals surface area contributed by atoms with Gasteiger partial charge in [-0.1, -0.05) is 35.9 Å². The summed E-state index contributed by atoms with van der Waals surface area (Å²) < 4.78 is 32.8. The summed E-state index contributed by atoms with van der Waals surface area (Å²) in [6.07, 6.45) is 0. The van der Waals surface area contributed by atoms with Gasteiger partial charge in [-0.25, -0.2) is 13.1 Å². The quantitative estimate of drug-likeness (QED) is 0.907. The van der Waals surface area contributed by atoms with Gasteiger partial charge in [-0.05, 0) is 36.6 Å². The second kappa shape index (κ2) is 6.69. The summed E-state index contributed by atoms with van der Waals surface area (Å²) >= 11 is 6.04. The minimum Gasteiger partial charge on any atom is -0.496 e. The van der Waals surface area contributed by atoms with E-state index in [4.69, 9.17) is 16.3 Å². The highest BCUT2D eigenvalue weighted by atomic mass is 35.5. The Morgan fingerprint density at radius 1 is 1.14 bits per heavy atom. The molecule has 0 bridgehead atoms. The highest BCUT2D eigenvalue weighted by molar-refractivity contribution is 7.89. The summed E-state index contributed by atoms with van der Waals surface area (Å²) in [6, 6.07) is 10.5. The number of halogens is 1. The number of aryl methyl sites for hydroxylation is 2. The SMILES string of the molecule is COc1cc(S(=O)(=O)NCc2ccccc2Cl)c(C)cc1C. The van der Waals surface area contributed by atoms with E-state index in [0.717, 1.165) is 11.1 Å². The lowest BCUT2D eigenvalue weighted by atomic mass is 10.1. The predicted molar refractivity (Wildman–Crippen MR) is 87.9 cm³/mol. The largest absolute Gasteiger partial charge is 0.496 e. The van der Waals surface area contributed by atoms with Crippen molar-refractivity contribution in [2.45, 2.75) is 25.3 Å². The van der Waals surface area contributed by atoms with Crippen LogP contribution in [0, 0.1) is 13.8 Å². The minimum absolute atomic E-state index is 0.137. The predicted octanol–water partition coefficient (Wildman–Crippen LogP) is 3.44. The third-order valence-electron chi connectivity index (χ3n) is 3.39. The lowest BCUT2D eigenvalue weighted by Gasteiger charge is -2.13. The fraction of sp³-hybridized carbons (Fsp3) is 0.250. The summed E-state index contributed by atoms with van der Waals surface area (Å²) in [5.74, 6) is 0.545. The fourth-order valence-electron chi connectivity index (χ4n) is 2.22. The van der Waals surface area contributed by atoms with Crippen molar-refractivity contribution in [1.29, 1.82) is 0 Å². The summed E-state index contributed by atoms with van der Waals surface area (Å²) in [6.45, 7) is 3.77. The van der Waals surface area contributed by atoms with Crippen LogP contribution in [0.15, 0.2) is 41.3 Å². The van der Waals surface area contributed by atoms with E-state index in [0.29, 0.717) is 16.3 Å². The maximum absolute atomic E-state index is 12.5. The Bertz CT molecular complexity index is 788. The molecule has 22 heavy (non-hydrogen) atoms. The number of rotatable bonds is 5. The monoisotopic (exact) mass is 339 g/mol. The van der Waals surface area contributed by atoms with Gasteiger partial charge in [0.2, 0.25) is 10.0 Å². The molecule has 0 saturated carbocycles. The van der Waals surface area contributed by atoms with Crippen molar-refractivity contribution < 1.29 is 13.2 Å². The van der Waals surface area contributed by atoms with Crippen LogP contribution >= 0.6 is 11.6 Å². The highest BCUT2D eigenvalue weighted by Crippen LogP contribution is 2.26. The van der Waals surface area contributed by atoms with Gasteiger partial charge in [-0.2, -0.15) is 0 Å². The van der Waals surface area contributed by atoms with E-state index < -0.39 is 10.0 Å². The zero-order valence-corrected chi connectivity index (χ0v) is 14.3. The number of nitrogens with one attached hydrogen (secondary N) is 1. The molecular weight excluding hydrogens is 322 g/mol. The molecule has 6 heteroatoms. The molecule has 0 aliphatic carbocycles. The van der Waals surface area contributed by atoms with Crippen LogP contribution in [0.1, 0.15) is 16.7 Å². The van der Waals surface area contributed by atoms with E-state index in [1.165, 1.54) is 7.11 Å². The Kier molecular flexibility index (Phi) is 5.11. The Labute approximate surface area is 136 Å². The van der Waals surface area contributed by atoms with E-state index in [9.17, 15) is 8.42 Å². The molecule has 0 heterocycles. The van der Waals surface area contributed by atoms with Crippen LogP contribution < -0.4 is 9.46 Å². The Hall–Kier alpha value is -1.56. The normalized spacial score (nSPS) is 11.5. The molecule has 0 radical (unpaired) electrons. The van der Waals surface area contributed by atoms with E-state index >= 15 is 0 Å². The number of ether oxygens (including phenoxy) is 1. The van der Waals surface area contributed by atoms with E-state index in [1.807, 2.05) is 13.0 Å². The number of sulfonamides is 1. The zero-order chi connectivity index (χ0) is 16.3. The molecule has 1 N–H and O–H groups in total. The van der Waals surface area contributed by atoms with Crippen LogP contribution in [0.4, 0.5) is 0 Å². The maximum Gasteiger partial charge on any atom is 0.241 e. The van der Waals surface area contributed by atoms with Crippen LogP contribution in [0.3, 0.4) is 0 Å². The molecule has 0 unspecified atom stereocenters. The average molecular weight is 340 g/mol. The van der Waals surface area contributed by atoms with Gasteiger partial charge >= 0.3 is 0 Å². The molecule has 0 aliphatic heterocycles. The Balaban J connectivity index is 2.29. The average Bonchev–Trinajstić information content (AvgIpc) is 2.46. The standard InChI is InChI=1S/C16H18ClNO3S/c1-11-8-12(2)16(9-15(11)21-3)22(19,20)18-10-13-6-4-5-7-14(13)17/h4-9,18H,10H2,1-3H3. The summed E-state index contributed by atoms with van der Waals surface area (Å²) in [5, 5.41) is 0.531. The zero-order valence-electron chi connectivity index (χ0n) is 12.7. The summed E-state index contributed by atoms with van der Waals surface area (Å²) in [4.78, 5) is 0.210. The molecule has 0 atom stereocenters. The molecule has 2 aromatic rings. The first-order chi connectivity index (χ1) is 10.3. The lowest BCUT2D eigenvalue weighted by molar-refractivity contribution is 0.410. The molecular formula is C16H18ClNO3S. The van der Waals surface area contributed by atoms with Crippen molar-refractivity contribution in [2.75, 3.05) is 7.11 Å². The van der Waals surface area contributed by atoms with E-state index in [2.05, 4.69) is 4.72 Å². The van der Waals surface area contributed by atoms with Crippen molar-refractivity contribution >= 4 is 21.6 Å². The van der Waals surface area contributed by atoms with Gasteiger partial charge in [0.25, 0.3) is 0 Å². The highest BCUT2D eigenvalue weighted by Gasteiger charge is 2.19. The molecule has 0 amide bonds. The van der Waals surface area contributed by atoms with Crippen molar-refractivity contribution in [3.63, 3.8) is 0 Å². The van der Waals surface area contributed by atoms with Gasteiger partial charge in [0.15, 0.2) is 0 Å². The Morgan fingerprint density at radius 3 is 2.45 bits per heavy atom. The number of hydrogen-bond acceptors (Lipinski definition) is 3. The van der Waals surface area contributed by atoms with Crippen molar-refractivity contribution in [3.05, 3.63) is 58.1 Å². The van der Waals surface area contributed by atoms with Gasteiger partial charge in [0.05, 0.1) is 12.0 Å². The van der Waals surface area contributed by atoms with Crippen molar-refractivity contribution in [3.8, 4) is 5.75 Å². The smallest absolute Gasteiger partial charge is 0.241 e. The minimum atomic E-state index is -3.64. The molecule has 4 nitrogen and oxygen atoms in total.